The fourth-order valence-electron chi connectivity index (χ4n) is 4.78. The van der Waals surface area contributed by atoms with Crippen LogP contribution in [0.15, 0.2) is 48.7 Å². The number of benzene rings is 1. The maximum absolute atomic E-state index is 12.9. The highest BCUT2D eigenvalue weighted by molar-refractivity contribution is 5.89. The van der Waals surface area contributed by atoms with Crippen LogP contribution in [0.1, 0.15) is 103 Å². The van der Waals surface area contributed by atoms with E-state index in [4.69, 9.17) is 4.74 Å². The van der Waals surface area contributed by atoms with Gasteiger partial charge in [0.2, 0.25) is 11.8 Å². The second-order valence-corrected chi connectivity index (χ2v) is 11.6. The Balaban J connectivity index is 1.65. The molecule has 1 heterocycles. The van der Waals surface area contributed by atoms with E-state index in [1.165, 1.54) is 58.3 Å². The van der Waals surface area contributed by atoms with Crippen LogP contribution in [-0.4, -0.2) is 59.8 Å². The number of carbonyl (C=O) groups excluding carboxylic acids is 3. The zero-order valence-electron chi connectivity index (χ0n) is 27.3. The minimum atomic E-state index is -1.04. The van der Waals surface area contributed by atoms with E-state index in [2.05, 4.69) is 33.2 Å². The maximum Gasteiger partial charge on any atom is 0.263 e. The number of anilines is 1. The Labute approximate surface area is 269 Å². The summed E-state index contributed by atoms with van der Waals surface area (Å²) in [7, 11) is 0. The van der Waals surface area contributed by atoms with E-state index in [0.29, 0.717) is 43.9 Å². The number of ether oxygens (including phenoxy) is 1. The van der Waals surface area contributed by atoms with Gasteiger partial charge in [-0.3, -0.25) is 19.4 Å². The van der Waals surface area contributed by atoms with Crippen molar-refractivity contribution in [3.05, 3.63) is 54.4 Å². The second kappa shape index (κ2) is 23.7. The zero-order valence-corrected chi connectivity index (χ0v) is 27.3. The second-order valence-electron chi connectivity index (χ2n) is 11.6. The van der Waals surface area contributed by atoms with E-state index >= 15 is 0 Å². The Bertz CT molecular complexity index is 1080. The summed E-state index contributed by atoms with van der Waals surface area (Å²) < 4.78 is 5.79. The van der Waals surface area contributed by atoms with E-state index < -0.39 is 24.1 Å². The Hall–Kier alpha value is -3.66. The van der Waals surface area contributed by atoms with Crippen LogP contribution in [0.5, 0.6) is 5.75 Å². The first kappa shape index (κ1) is 37.5. The number of nitrogens with zero attached hydrogens (tertiary/aromatic N) is 1. The van der Waals surface area contributed by atoms with Crippen molar-refractivity contribution in [3.63, 3.8) is 0 Å². The molecule has 10 heteroatoms. The highest BCUT2D eigenvalue weighted by Gasteiger charge is 2.21. The van der Waals surface area contributed by atoms with Gasteiger partial charge in [-0.15, -0.1) is 0 Å². The lowest BCUT2D eigenvalue weighted by Gasteiger charge is -2.21. The Kier molecular flexibility index (Phi) is 19.8. The number of unbranched alkanes of at least 4 members (excludes halogenated alkanes) is 9. The van der Waals surface area contributed by atoms with Crippen molar-refractivity contribution in [2.75, 3.05) is 25.0 Å². The number of rotatable bonds is 25. The molecule has 0 radical (unpaired) electrons. The lowest BCUT2D eigenvalue weighted by atomic mass is 10.1. The van der Waals surface area contributed by atoms with Gasteiger partial charge in [0.05, 0.1) is 19.1 Å². The molecule has 1 aromatic carbocycles. The van der Waals surface area contributed by atoms with Crippen LogP contribution < -0.4 is 26.0 Å². The third-order valence-corrected chi connectivity index (χ3v) is 7.29. The highest BCUT2D eigenvalue weighted by Crippen LogP contribution is 2.17. The molecule has 2 rings (SSSR count). The van der Waals surface area contributed by atoms with Gasteiger partial charge in [-0.05, 0) is 56.2 Å². The van der Waals surface area contributed by atoms with Gasteiger partial charge in [0.1, 0.15) is 5.75 Å². The molecule has 45 heavy (non-hydrogen) atoms. The number of nitrogens with one attached hydrogen (secondary N) is 4. The molecule has 0 saturated heterocycles. The van der Waals surface area contributed by atoms with E-state index in [0.717, 1.165) is 25.1 Å². The standard InChI is InChI=1S/C35H55N5O5/c1-3-4-5-6-7-8-9-10-11-13-24-37-32(42)17-15-26-45-31-20-18-30(19-21-31)39-34(40-33(43)27-28(2)41)35(44)38-25-22-29-16-12-14-23-36-29/h12,14,16,18-21,23,28,34,39,41H,3-11,13,15,17,22,24-27H2,1-2H3,(H,37,42)(H,38,44)(H,40,43). The fourth-order valence-corrected chi connectivity index (χ4v) is 4.78. The number of amides is 3. The van der Waals surface area contributed by atoms with Crippen molar-refractivity contribution in [2.45, 2.75) is 116 Å². The third kappa shape index (κ3) is 18.7. The van der Waals surface area contributed by atoms with E-state index in [-0.39, 0.29) is 12.3 Å². The Morgan fingerprint density at radius 1 is 0.822 bits per heavy atom. The van der Waals surface area contributed by atoms with Crippen LogP contribution in [0, 0.1) is 0 Å². The first-order chi connectivity index (χ1) is 21.9. The van der Waals surface area contributed by atoms with Gasteiger partial charge in [-0.25, -0.2) is 0 Å². The fraction of sp³-hybridized carbons (Fsp3) is 0.600. The number of aromatic nitrogens is 1. The van der Waals surface area contributed by atoms with Crippen molar-refractivity contribution in [1.29, 1.82) is 0 Å². The molecule has 0 aliphatic carbocycles. The van der Waals surface area contributed by atoms with Crippen molar-refractivity contribution in [2.24, 2.45) is 0 Å². The number of aliphatic hydroxyl groups is 1. The molecule has 0 spiro atoms. The normalized spacial score (nSPS) is 12.2. The number of carbonyl (C=O) groups is 3. The molecule has 5 N–H and O–H groups in total. The van der Waals surface area contributed by atoms with Crippen LogP contribution in [-0.2, 0) is 20.8 Å². The Morgan fingerprint density at radius 2 is 1.51 bits per heavy atom. The molecule has 2 atom stereocenters. The van der Waals surface area contributed by atoms with E-state index in [9.17, 15) is 19.5 Å². The molecule has 0 saturated carbocycles. The smallest absolute Gasteiger partial charge is 0.263 e. The van der Waals surface area contributed by atoms with Crippen molar-refractivity contribution >= 4 is 23.4 Å². The molecule has 0 aliphatic heterocycles. The summed E-state index contributed by atoms with van der Waals surface area (Å²) in [6, 6.07) is 12.6. The molecule has 250 valence electrons. The molecular weight excluding hydrogens is 570 g/mol. The average molecular weight is 626 g/mol. The van der Waals surface area contributed by atoms with Gasteiger partial charge >= 0.3 is 0 Å². The molecule has 2 unspecified atom stereocenters. The minimum Gasteiger partial charge on any atom is -0.494 e. The summed E-state index contributed by atoms with van der Waals surface area (Å²) in [5.74, 6) is -0.164. The number of pyridine rings is 1. The summed E-state index contributed by atoms with van der Waals surface area (Å²) in [5.41, 5.74) is 1.46. The molecule has 0 aliphatic rings. The van der Waals surface area contributed by atoms with Crippen LogP contribution in [0.2, 0.25) is 0 Å². The van der Waals surface area contributed by atoms with Gasteiger partial charge in [0.15, 0.2) is 6.17 Å². The predicted octanol–water partition coefficient (Wildman–Crippen LogP) is 5.26. The van der Waals surface area contributed by atoms with Crippen LogP contribution in [0.25, 0.3) is 0 Å². The molecule has 3 amide bonds. The quantitative estimate of drug-likeness (QED) is 0.0749. The topological polar surface area (TPSA) is 142 Å². The molecule has 0 bridgehead atoms. The van der Waals surface area contributed by atoms with Crippen molar-refractivity contribution in [3.8, 4) is 5.75 Å². The van der Waals surface area contributed by atoms with Crippen LogP contribution >= 0.6 is 0 Å². The van der Waals surface area contributed by atoms with E-state index in [1.807, 2.05) is 18.2 Å². The summed E-state index contributed by atoms with van der Waals surface area (Å²) in [6.07, 6.45) is 14.0. The van der Waals surface area contributed by atoms with E-state index in [1.54, 1.807) is 30.5 Å². The summed E-state index contributed by atoms with van der Waals surface area (Å²) >= 11 is 0. The minimum absolute atomic E-state index is 0.0519. The predicted molar refractivity (Wildman–Crippen MR) is 179 cm³/mol. The molecular formula is C35H55N5O5. The number of hydrogen-bond donors (Lipinski definition) is 5. The highest BCUT2D eigenvalue weighted by atomic mass is 16.5. The van der Waals surface area contributed by atoms with Gasteiger partial charge in [-0.2, -0.15) is 0 Å². The number of aliphatic hydroxyl groups excluding tert-OH is 1. The summed E-state index contributed by atoms with van der Waals surface area (Å²) in [5, 5.41) is 21.1. The average Bonchev–Trinajstić information content (AvgIpc) is 3.02. The SMILES string of the molecule is CCCCCCCCCCCCNC(=O)CCCOc1ccc(NC(NC(=O)CC(C)O)C(=O)NCCc2ccccn2)cc1. The van der Waals surface area contributed by atoms with Gasteiger partial charge < -0.3 is 31.1 Å². The maximum atomic E-state index is 12.9. The van der Waals surface area contributed by atoms with Gasteiger partial charge in [0, 0.05) is 43.5 Å². The number of hydrogen-bond acceptors (Lipinski definition) is 7. The summed E-state index contributed by atoms with van der Waals surface area (Å²) in [4.78, 5) is 41.6. The largest absolute Gasteiger partial charge is 0.494 e. The van der Waals surface area contributed by atoms with Gasteiger partial charge in [-0.1, -0.05) is 70.8 Å². The third-order valence-electron chi connectivity index (χ3n) is 7.29. The first-order valence-corrected chi connectivity index (χ1v) is 16.8. The molecule has 10 nitrogen and oxygen atoms in total. The van der Waals surface area contributed by atoms with Crippen molar-refractivity contribution < 1.29 is 24.2 Å². The van der Waals surface area contributed by atoms with Crippen LogP contribution in [0.3, 0.4) is 0 Å². The summed E-state index contributed by atoms with van der Waals surface area (Å²) in [6.45, 7) is 5.25. The first-order valence-electron chi connectivity index (χ1n) is 16.8. The molecule has 2 aromatic rings. The van der Waals surface area contributed by atoms with Gasteiger partial charge in [0.25, 0.3) is 5.91 Å². The molecule has 0 fully saturated rings. The lowest BCUT2D eigenvalue weighted by molar-refractivity contribution is -0.129. The zero-order chi connectivity index (χ0) is 32.5. The monoisotopic (exact) mass is 625 g/mol. The van der Waals surface area contributed by atoms with Crippen molar-refractivity contribution in [1.82, 2.24) is 20.9 Å². The lowest BCUT2D eigenvalue weighted by Crippen LogP contribution is -2.52. The van der Waals surface area contributed by atoms with Crippen LogP contribution in [0.4, 0.5) is 5.69 Å². The molecule has 1 aromatic heterocycles. The Morgan fingerprint density at radius 3 is 2.16 bits per heavy atom.